The number of methoxy groups -OCH3 is 1. The molecule has 0 aliphatic rings. The highest BCUT2D eigenvalue weighted by atomic mass is 16.5. The minimum absolute atomic E-state index is 0.0154. The Morgan fingerprint density at radius 3 is 2.36 bits per heavy atom. The molecule has 0 spiro atoms. The second kappa shape index (κ2) is 13.2. The molecular weight excluding hydrogens is 536 g/mol. The van der Waals surface area contributed by atoms with E-state index >= 15 is 0 Å². The number of aryl methyl sites for hydroxylation is 1. The molecule has 1 heterocycles. The fraction of sp³-hybridized carbons (Fsp3) is 0.303. The lowest BCUT2D eigenvalue weighted by Gasteiger charge is -2.21. The standard InChI is InChI=1S/C33H36N2O7/c1-6-35(7-2)24-14-15-25-20(4)30(32(38)42-28(25)19-24)22-10-12-23(13-11-22)34-31(33(39)41-8-3)26-17-21(9-16-27(26)36)18-29(37)40-5/h9-17,19,31,34,36H,6-8,18H2,1-5H3. The molecule has 0 saturated carbocycles. The summed E-state index contributed by atoms with van der Waals surface area (Å²) in [7, 11) is 1.29. The van der Waals surface area contributed by atoms with Gasteiger partial charge in [0.15, 0.2) is 6.04 Å². The molecule has 0 aliphatic heterocycles. The van der Waals surface area contributed by atoms with Crippen LogP contribution < -0.4 is 15.8 Å². The van der Waals surface area contributed by atoms with E-state index in [1.165, 1.54) is 13.2 Å². The van der Waals surface area contributed by atoms with Gasteiger partial charge in [-0.25, -0.2) is 9.59 Å². The van der Waals surface area contributed by atoms with Crippen molar-refractivity contribution >= 4 is 34.3 Å². The van der Waals surface area contributed by atoms with Crippen LogP contribution in [-0.2, 0) is 25.5 Å². The highest BCUT2D eigenvalue weighted by Gasteiger charge is 2.26. The van der Waals surface area contributed by atoms with Crippen molar-refractivity contribution in [2.45, 2.75) is 40.2 Å². The molecule has 3 aromatic carbocycles. The van der Waals surface area contributed by atoms with Crippen molar-refractivity contribution in [1.82, 2.24) is 0 Å². The van der Waals surface area contributed by atoms with Crippen LogP contribution in [0.4, 0.5) is 11.4 Å². The zero-order chi connectivity index (χ0) is 30.4. The van der Waals surface area contributed by atoms with Gasteiger partial charge in [-0.3, -0.25) is 4.79 Å². The Balaban J connectivity index is 1.66. The SMILES string of the molecule is CCOC(=O)C(Nc1ccc(-c2c(C)c3ccc(N(CC)CC)cc3oc2=O)cc1)c1cc(CC(=O)OC)ccc1O. The molecule has 1 unspecified atom stereocenters. The first kappa shape index (κ1) is 30.2. The number of aromatic hydroxyl groups is 1. The van der Waals surface area contributed by atoms with Crippen LogP contribution in [0.5, 0.6) is 5.75 Å². The molecule has 9 heteroatoms. The molecule has 0 aliphatic carbocycles. The third-order valence-electron chi connectivity index (χ3n) is 7.27. The molecule has 0 saturated heterocycles. The van der Waals surface area contributed by atoms with Crippen LogP contribution in [0.1, 0.15) is 43.5 Å². The normalized spacial score (nSPS) is 11.6. The lowest BCUT2D eigenvalue weighted by atomic mass is 9.98. The summed E-state index contributed by atoms with van der Waals surface area (Å²) in [4.78, 5) is 40.1. The monoisotopic (exact) mass is 572 g/mol. The quantitative estimate of drug-likeness (QED) is 0.171. The number of esters is 2. The average molecular weight is 573 g/mol. The predicted octanol–water partition coefficient (Wildman–Crippen LogP) is 5.75. The van der Waals surface area contributed by atoms with E-state index in [1.807, 2.05) is 25.1 Å². The van der Waals surface area contributed by atoms with Crippen LogP contribution in [0.25, 0.3) is 22.1 Å². The molecule has 0 bridgehead atoms. The van der Waals surface area contributed by atoms with Crippen molar-refractivity contribution in [1.29, 1.82) is 0 Å². The Hall–Kier alpha value is -4.79. The molecule has 220 valence electrons. The molecule has 0 radical (unpaired) electrons. The number of hydrogen-bond donors (Lipinski definition) is 2. The van der Waals surface area contributed by atoms with Crippen LogP contribution in [0.3, 0.4) is 0 Å². The maximum absolute atomic E-state index is 13.1. The van der Waals surface area contributed by atoms with Crippen LogP contribution in [-0.4, -0.2) is 43.9 Å². The molecule has 1 atom stereocenters. The van der Waals surface area contributed by atoms with Crippen molar-refractivity contribution < 1.29 is 28.6 Å². The lowest BCUT2D eigenvalue weighted by Crippen LogP contribution is -2.24. The molecule has 4 aromatic rings. The fourth-order valence-corrected chi connectivity index (χ4v) is 5.04. The van der Waals surface area contributed by atoms with Gasteiger partial charge in [0.25, 0.3) is 0 Å². The first-order valence-corrected chi connectivity index (χ1v) is 13.9. The van der Waals surface area contributed by atoms with Crippen molar-refractivity contribution in [3.8, 4) is 16.9 Å². The summed E-state index contributed by atoms with van der Waals surface area (Å²) in [6, 6.07) is 16.5. The number of anilines is 2. The van der Waals surface area contributed by atoms with Gasteiger partial charge in [0.05, 0.1) is 25.7 Å². The number of carbonyl (C=O) groups is 2. The first-order chi connectivity index (χ1) is 20.2. The number of hydrogen-bond acceptors (Lipinski definition) is 9. The summed E-state index contributed by atoms with van der Waals surface area (Å²) in [5.74, 6) is -1.16. The Labute approximate surface area is 244 Å². The second-order valence-corrected chi connectivity index (χ2v) is 9.80. The lowest BCUT2D eigenvalue weighted by molar-refractivity contribution is -0.144. The minimum Gasteiger partial charge on any atom is -0.508 e. The zero-order valence-corrected chi connectivity index (χ0v) is 24.5. The van der Waals surface area contributed by atoms with E-state index < -0.39 is 23.6 Å². The molecule has 2 N–H and O–H groups in total. The number of phenols is 1. The van der Waals surface area contributed by atoms with E-state index in [4.69, 9.17) is 13.9 Å². The van der Waals surface area contributed by atoms with E-state index in [1.54, 1.807) is 43.3 Å². The number of nitrogens with zero attached hydrogens (tertiary/aromatic N) is 1. The van der Waals surface area contributed by atoms with E-state index in [-0.39, 0.29) is 24.3 Å². The number of rotatable bonds is 11. The number of ether oxygens (including phenoxy) is 2. The van der Waals surface area contributed by atoms with Crippen LogP contribution in [0.2, 0.25) is 0 Å². The van der Waals surface area contributed by atoms with Gasteiger partial charge in [-0.1, -0.05) is 18.2 Å². The Kier molecular flexibility index (Phi) is 9.52. The summed E-state index contributed by atoms with van der Waals surface area (Å²) in [5, 5.41) is 14.6. The van der Waals surface area contributed by atoms with Crippen LogP contribution in [0.15, 0.2) is 69.9 Å². The van der Waals surface area contributed by atoms with Gasteiger partial charge >= 0.3 is 17.6 Å². The number of nitrogens with one attached hydrogen (secondary N) is 1. The van der Waals surface area contributed by atoms with Gasteiger partial charge in [-0.2, -0.15) is 0 Å². The number of benzene rings is 3. The molecule has 0 amide bonds. The third kappa shape index (κ3) is 6.40. The third-order valence-corrected chi connectivity index (χ3v) is 7.27. The summed E-state index contributed by atoms with van der Waals surface area (Å²) in [6.45, 7) is 9.59. The predicted molar refractivity (Wildman–Crippen MR) is 163 cm³/mol. The van der Waals surface area contributed by atoms with Gasteiger partial charge < -0.3 is 29.2 Å². The van der Waals surface area contributed by atoms with Gasteiger partial charge in [0.1, 0.15) is 11.3 Å². The summed E-state index contributed by atoms with van der Waals surface area (Å²) in [6.07, 6.45) is -0.0154. The maximum atomic E-state index is 13.1. The Morgan fingerprint density at radius 2 is 1.71 bits per heavy atom. The van der Waals surface area contributed by atoms with Crippen molar-refractivity contribution in [3.63, 3.8) is 0 Å². The van der Waals surface area contributed by atoms with E-state index in [2.05, 4.69) is 24.1 Å². The molecule has 1 aromatic heterocycles. The molecular formula is C33H36N2O7. The first-order valence-electron chi connectivity index (χ1n) is 13.9. The molecule has 9 nitrogen and oxygen atoms in total. The molecule has 4 rings (SSSR count). The van der Waals surface area contributed by atoms with Gasteiger partial charge in [0.2, 0.25) is 0 Å². The van der Waals surface area contributed by atoms with Crippen molar-refractivity contribution in [2.75, 3.05) is 37.0 Å². The highest BCUT2D eigenvalue weighted by molar-refractivity contribution is 5.89. The minimum atomic E-state index is -1.05. The fourth-order valence-electron chi connectivity index (χ4n) is 5.04. The summed E-state index contributed by atoms with van der Waals surface area (Å²) >= 11 is 0. The van der Waals surface area contributed by atoms with E-state index in [0.717, 1.165) is 29.7 Å². The zero-order valence-electron chi connectivity index (χ0n) is 24.5. The number of phenolic OH excluding ortho intramolecular Hbond substituents is 1. The maximum Gasteiger partial charge on any atom is 0.344 e. The smallest absolute Gasteiger partial charge is 0.344 e. The van der Waals surface area contributed by atoms with Gasteiger partial charge in [0, 0.05) is 41.5 Å². The number of carbonyl (C=O) groups excluding carboxylic acids is 2. The Bertz CT molecular complexity index is 1640. The Morgan fingerprint density at radius 1 is 1.00 bits per heavy atom. The second-order valence-electron chi connectivity index (χ2n) is 9.80. The van der Waals surface area contributed by atoms with E-state index in [9.17, 15) is 19.5 Å². The van der Waals surface area contributed by atoms with Crippen molar-refractivity contribution in [2.24, 2.45) is 0 Å². The number of fused-ring (bicyclic) bond motifs is 1. The van der Waals surface area contributed by atoms with E-state index in [0.29, 0.717) is 28.0 Å². The van der Waals surface area contributed by atoms with Crippen LogP contribution in [0, 0.1) is 6.92 Å². The highest BCUT2D eigenvalue weighted by Crippen LogP contribution is 2.32. The summed E-state index contributed by atoms with van der Waals surface area (Å²) < 4.78 is 15.8. The van der Waals surface area contributed by atoms with Crippen molar-refractivity contribution in [3.05, 3.63) is 87.8 Å². The van der Waals surface area contributed by atoms with Crippen LogP contribution >= 0.6 is 0 Å². The largest absolute Gasteiger partial charge is 0.508 e. The summed E-state index contributed by atoms with van der Waals surface area (Å²) in [5.41, 5.74) is 4.42. The topological polar surface area (TPSA) is 118 Å². The van der Waals surface area contributed by atoms with Gasteiger partial charge in [-0.15, -0.1) is 0 Å². The molecule has 0 fully saturated rings. The molecule has 42 heavy (non-hydrogen) atoms. The average Bonchev–Trinajstić information content (AvgIpc) is 2.98. The van der Waals surface area contributed by atoms with Gasteiger partial charge in [-0.05, 0) is 80.8 Å².